The van der Waals surface area contributed by atoms with Crippen molar-refractivity contribution in [3.05, 3.63) is 71.3 Å². The van der Waals surface area contributed by atoms with Crippen LogP contribution < -0.4 is 5.32 Å². The van der Waals surface area contributed by atoms with Crippen LogP contribution in [0.5, 0.6) is 0 Å². The molecule has 2 aromatic carbocycles. The number of rotatable bonds is 5. The van der Waals surface area contributed by atoms with Crippen molar-refractivity contribution in [2.75, 3.05) is 0 Å². The highest BCUT2D eigenvalue weighted by atomic mass is 16.4. The van der Waals surface area contributed by atoms with Crippen molar-refractivity contribution >= 4 is 11.9 Å². The highest BCUT2D eigenvalue weighted by Crippen LogP contribution is 2.23. The molecular formula is C18H19NO3. The van der Waals surface area contributed by atoms with Crippen molar-refractivity contribution in [2.45, 2.75) is 19.9 Å². The van der Waals surface area contributed by atoms with Gasteiger partial charge in [0.2, 0.25) is 0 Å². The predicted molar refractivity (Wildman–Crippen MR) is 84.6 cm³/mol. The number of carbonyl (C=O) groups is 2. The van der Waals surface area contributed by atoms with E-state index in [0.29, 0.717) is 5.56 Å². The Morgan fingerprint density at radius 3 is 2.18 bits per heavy atom. The molecule has 0 radical (unpaired) electrons. The average Bonchev–Trinajstić information content (AvgIpc) is 2.53. The largest absolute Gasteiger partial charge is 0.481 e. The van der Waals surface area contributed by atoms with E-state index in [1.807, 2.05) is 49.4 Å². The summed E-state index contributed by atoms with van der Waals surface area (Å²) in [5.41, 5.74) is 2.19. The summed E-state index contributed by atoms with van der Waals surface area (Å²) in [5, 5.41) is 12.2. The SMILES string of the molecule is Cc1ccccc1C(=O)NC(c1ccccc1)C(C)C(=O)O. The molecule has 1 amide bonds. The third-order valence-electron chi connectivity index (χ3n) is 3.72. The molecule has 0 heterocycles. The lowest BCUT2D eigenvalue weighted by molar-refractivity contribution is -0.142. The van der Waals surface area contributed by atoms with E-state index < -0.39 is 17.9 Å². The van der Waals surface area contributed by atoms with E-state index in [9.17, 15) is 14.7 Å². The second-order valence-corrected chi connectivity index (χ2v) is 5.30. The van der Waals surface area contributed by atoms with Crippen molar-refractivity contribution in [2.24, 2.45) is 5.92 Å². The fourth-order valence-corrected chi connectivity index (χ4v) is 2.35. The number of hydrogen-bond acceptors (Lipinski definition) is 2. The zero-order valence-electron chi connectivity index (χ0n) is 12.6. The number of amides is 1. The summed E-state index contributed by atoms with van der Waals surface area (Å²) in [6, 6.07) is 15.8. The number of benzene rings is 2. The first-order valence-electron chi connectivity index (χ1n) is 7.15. The van der Waals surface area contributed by atoms with Crippen LogP contribution in [0.1, 0.15) is 34.5 Å². The van der Waals surface area contributed by atoms with Gasteiger partial charge in [0.1, 0.15) is 0 Å². The van der Waals surface area contributed by atoms with Crippen LogP contribution in [-0.4, -0.2) is 17.0 Å². The Balaban J connectivity index is 2.29. The van der Waals surface area contributed by atoms with Gasteiger partial charge in [0.05, 0.1) is 12.0 Å². The van der Waals surface area contributed by atoms with E-state index in [-0.39, 0.29) is 5.91 Å². The van der Waals surface area contributed by atoms with Crippen molar-refractivity contribution < 1.29 is 14.7 Å². The van der Waals surface area contributed by atoms with Crippen LogP contribution >= 0.6 is 0 Å². The molecule has 2 N–H and O–H groups in total. The number of carboxylic acids is 1. The lowest BCUT2D eigenvalue weighted by Gasteiger charge is -2.23. The summed E-state index contributed by atoms with van der Waals surface area (Å²) in [4.78, 5) is 23.8. The topological polar surface area (TPSA) is 66.4 Å². The number of nitrogens with one attached hydrogen (secondary N) is 1. The minimum Gasteiger partial charge on any atom is -0.481 e. The molecule has 0 spiro atoms. The first-order chi connectivity index (χ1) is 10.5. The summed E-state index contributed by atoms with van der Waals surface area (Å²) in [6.07, 6.45) is 0. The first kappa shape index (κ1) is 15.8. The molecule has 0 aliphatic heterocycles. The zero-order chi connectivity index (χ0) is 16.1. The van der Waals surface area contributed by atoms with E-state index in [1.165, 1.54) is 0 Å². The second kappa shape index (κ2) is 6.89. The Morgan fingerprint density at radius 2 is 1.59 bits per heavy atom. The molecule has 0 aliphatic carbocycles. The molecule has 0 bridgehead atoms. The average molecular weight is 297 g/mol. The molecule has 0 fully saturated rings. The maximum atomic E-state index is 12.5. The van der Waals surface area contributed by atoms with Gasteiger partial charge in [0.25, 0.3) is 5.91 Å². The normalized spacial score (nSPS) is 13.2. The summed E-state index contributed by atoms with van der Waals surface area (Å²) in [5.74, 6) is -1.94. The Morgan fingerprint density at radius 1 is 1.00 bits per heavy atom. The van der Waals surface area contributed by atoms with Crippen LogP contribution in [0.15, 0.2) is 54.6 Å². The molecule has 2 rings (SSSR count). The minimum absolute atomic E-state index is 0.264. The number of hydrogen-bond donors (Lipinski definition) is 2. The van der Waals surface area contributed by atoms with Gasteiger partial charge in [0, 0.05) is 5.56 Å². The highest BCUT2D eigenvalue weighted by molar-refractivity contribution is 5.96. The zero-order valence-corrected chi connectivity index (χ0v) is 12.6. The molecule has 0 saturated heterocycles. The molecule has 0 aromatic heterocycles. The fraction of sp³-hybridized carbons (Fsp3) is 0.222. The summed E-state index contributed by atoms with van der Waals surface area (Å²) < 4.78 is 0. The van der Waals surface area contributed by atoms with E-state index in [0.717, 1.165) is 11.1 Å². The molecule has 4 nitrogen and oxygen atoms in total. The van der Waals surface area contributed by atoms with Gasteiger partial charge in [-0.2, -0.15) is 0 Å². The summed E-state index contributed by atoms with van der Waals surface area (Å²) in [6.45, 7) is 3.45. The van der Waals surface area contributed by atoms with Crippen molar-refractivity contribution in [3.8, 4) is 0 Å². The van der Waals surface area contributed by atoms with Gasteiger partial charge in [-0.25, -0.2) is 0 Å². The highest BCUT2D eigenvalue weighted by Gasteiger charge is 2.27. The van der Waals surface area contributed by atoms with E-state index in [2.05, 4.69) is 5.32 Å². The number of aliphatic carboxylic acids is 1. The Kier molecular flexibility index (Phi) is 4.94. The van der Waals surface area contributed by atoms with Crippen LogP contribution in [0.2, 0.25) is 0 Å². The van der Waals surface area contributed by atoms with Crippen molar-refractivity contribution in [3.63, 3.8) is 0 Å². The Bertz CT molecular complexity index is 667. The van der Waals surface area contributed by atoms with Gasteiger partial charge >= 0.3 is 5.97 Å². The second-order valence-electron chi connectivity index (χ2n) is 5.30. The summed E-state index contributed by atoms with van der Waals surface area (Å²) >= 11 is 0. The van der Waals surface area contributed by atoms with Gasteiger partial charge in [-0.15, -0.1) is 0 Å². The Hall–Kier alpha value is -2.62. The smallest absolute Gasteiger partial charge is 0.308 e. The number of aryl methyl sites for hydroxylation is 1. The Labute approximate surface area is 129 Å². The number of carbonyl (C=O) groups excluding carboxylic acids is 1. The molecule has 22 heavy (non-hydrogen) atoms. The molecule has 2 atom stereocenters. The van der Waals surface area contributed by atoms with Crippen LogP contribution in [0, 0.1) is 12.8 Å². The quantitative estimate of drug-likeness (QED) is 0.890. The van der Waals surface area contributed by atoms with Gasteiger partial charge < -0.3 is 10.4 Å². The van der Waals surface area contributed by atoms with Crippen LogP contribution in [0.3, 0.4) is 0 Å². The molecular weight excluding hydrogens is 278 g/mol. The first-order valence-corrected chi connectivity index (χ1v) is 7.15. The maximum absolute atomic E-state index is 12.5. The monoisotopic (exact) mass is 297 g/mol. The van der Waals surface area contributed by atoms with Crippen LogP contribution in [0.25, 0.3) is 0 Å². The van der Waals surface area contributed by atoms with E-state index in [4.69, 9.17) is 0 Å². The van der Waals surface area contributed by atoms with Crippen LogP contribution in [-0.2, 0) is 4.79 Å². The molecule has 2 unspecified atom stereocenters. The fourth-order valence-electron chi connectivity index (χ4n) is 2.35. The lowest BCUT2D eigenvalue weighted by atomic mass is 9.94. The third-order valence-corrected chi connectivity index (χ3v) is 3.72. The number of carboxylic acid groups (broad SMARTS) is 1. The molecule has 0 saturated carbocycles. The molecule has 114 valence electrons. The minimum atomic E-state index is -0.945. The van der Waals surface area contributed by atoms with Crippen molar-refractivity contribution in [1.29, 1.82) is 0 Å². The maximum Gasteiger partial charge on any atom is 0.308 e. The van der Waals surface area contributed by atoms with Gasteiger partial charge in [-0.3, -0.25) is 9.59 Å². The standard InChI is InChI=1S/C18H19NO3/c1-12-8-6-7-11-15(12)17(20)19-16(13(2)18(21)22)14-9-4-3-5-10-14/h3-11,13,16H,1-2H3,(H,19,20)(H,21,22). The molecule has 4 heteroatoms. The third kappa shape index (κ3) is 3.52. The summed E-state index contributed by atoms with van der Waals surface area (Å²) in [7, 11) is 0. The van der Waals surface area contributed by atoms with E-state index >= 15 is 0 Å². The van der Waals surface area contributed by atoms with Crippen LogP contribution in [0.4, 0.5) is 0 Å². The van der Waals surface area contributed by atoms with Crippen molar-refractivity contribution in [1.82, 2.24) is 5.32 Å². The van der Waals surface area contributed by atoms with Gasteiger partial charge in [0.15, 0.2) is 0 Å². The van der Waals surface area contributed by atoms with Gasteiger partial charge in [-0.1, -0.05) is 48.5 Å². The molecule has 2 aromatic rings. The molecule has 0 aliphatic rings. The van der Waals surface area contributed by atoms with Gasteiger partial charge in [-0.05, 0) is 31.0 Å². The lowest BCUT2D eigenvalue weighted by Crippen LogP contribution is -2.35. The predicted octanol–water partition coefficient (Wildman–Crippen LogP) is 3.19. The van der Waals surface area contributed by atoms with E-state index in [1.54, 1.807) is 19.1 Å².